The van der Waals surface area contributed by atoms with Gasteiger partial charge in [0, 0.05) is 11.8 Å². The van der Waals surface area contributed by atoms with Crippen LogP contribution in [0.4, 0.5) is 0 Å². The van der Waals surface area contributed by atoms with Crippen LogP contribution in [0.2, 0.25) is 18.1 Å². The fourth-order valence-corrected chi connectivity index (χ4v) is 6.37. The third kappa shape index (κ3) is 12.3. The minimum absolute atomic E-state index is 0.0405. The summed E-state index contributed by atoms with van der Waals surface area (Å²) in [6.45, 7) is 26.7. The van der Waals surface area contributed by atoms with Crippen molar-refractivity contribution in [1.82, 2.24) is 0 Å². The van der Waals surface area contributed by atoms with Crippen molar-refractivity contribution in [3.63, 3.8) is 0 Å². The maximum atomic E-state index is 11.4. The molecule has 0 bridgehead atoms. The van der Waals surface area contributed by atoms with Crippen molar-refractivity contribution in [3.05, 3.63) is 59.8 Å². The Hall–Kier alpha value is -1.24. The van der Waals surface area contributed by atoms with Crippen molar-refractivity contribution in [1.29, 1.82) is 0 Å². The first kappa shape index (κ1) is 36.8. The molecule has 0 spiro atoms. The van der Waals surface area contributed by atoms with Gasteiger partial charge >= 0.3 is 0 Å². The van der Waals surface area contributed by atoms with Crippen LogP contribution in [0.3, 0.4) is 0 Å². The maximum Gasteiger partial charge on any atom is 0.192 e. The second kappa shape index (κ2) is 17.0. The van der Waals surface area contributed by atoms with Gasteiger partial charge in [-0.05, 0) is 62.2 Å². The van der Waals surface area contributed by atoms with E-state index >= 15 is 0 Å². The number of ether oxygens (including phenoxy) is 1. The van der Waals surface area contributed by atoms with Gasteiger partial charge in [-0.1, -0.05) is 122 Å². The Kier molecular flexibility index (Phi) is 15.6. The molecule has 0 saturated heterocycles. The SMILES string of the molecule is CCC(=C/[C@H](C)C/C=C/C(C)=C/[C@@H](C)[C@H](O)[C@@H](C)[C@H](O[Si](C)(C)C(C)(C)C)[C@@H](C)CC)/C=C/[C@H]1CC=C[C@H](O)O1. The first-order valence-electron chi connectivity index (χ1n) is 15.6. The van der Waals surface area contributed by atoms with Gasteiger partial charge in [0.1, 0.15) is 0 Å². The lowest BCUT2D eigenvalue weighted by molar-refractivity contribution is -0.0948. The maximum absolute atomic E-state index is 11.4. The van der Waals surface area contributed by atoms with Crippen LogP contribution < -0.4 is 0 Å². The minimum Gasteiger partial charge on any atom is -0.413 e. The molecule has 0 fully saturated rings. The molecule has 1 heterocycles. The number of rotatable bonds is 15. The summed E-state index contributed by atoms with van der Waals surface area (Å²) in [5, 5.41) is 21.2. The number of allylic oxidation sites excluding steroid dienone is 6. The third-order valence-corrected chi connectivity index (χ3v) is 13.3. The number of hydrogen-bond acceptors (Lipinski definition) is 4. The van der Waals surface area contributed by atoms with E-state index in [1.807, 2.05) is 12.2 Å². The Labute approximate surface area is 248 Å². The number of hydrogen-bond donors (Lipinski definition) is 2. The van der Waals surface area contributed by atoms with Gasteiger partial charge in [-0.15, -0.1) is 0 Å². The molecule has 2 N–H and O–H groups in total. The normalized spacial score (nSPS) is 24.4. The van der Waals surface area contributed by atoms with E-state index in [-0.39, 0.29) is 29.1 Å². The molecule has 1 aliphatic rings. The van der Waals surface area contributed by atoms with Gasteiger partial charge in [-0.25, -0.2) is 0 Å². The summed E-state index contributed by atoms with van der Waals surface area (Å²) in [4.78, 5) is 0. The van der Waals surface area contributed by atoms with E-state index in [0.29, 0.717) is 11.8 Å². The predicted octanol–water partition coefficient (Wildman–Crippen LogP) is 9.14. The van der Waals surface area contributed by atoms with Gasteiger partial charge in [-0.2, -0.15) is 0 Å². The molecule has 0 unspecified atom stereocenters. The van der Waals surface area contributed by atoms with Crippen molar-refractivity contribution >= 4 is 8.32 Å². The smallest absolute Gasteiger partial charge is 0.192 e. The summed E-state index contributed by atoms with van der Waals surface area (Å²) in [7, 11) is -1.95. The van der Waals surface area contributed by atoms with Crippen molar-refractivity contribution in [2.24, 2.45) is 23.7 Å². The van der Waals surface area contributed by atoms with Gasteiger partial charge in [0.25, 0.3) is 0 Å². The molecule has 0 aromatic heterocycles. The van der Waals surface area contributed by atoms with E-state index in [0.717, 1.165) is 25.7 Å². The van der Waals surface area contributed by atoms with Gasteiger partial charge in [0.05, 0.1) is 18.3 Å². The van der Waals surface area contributed by atoms with Crippen LogP contribution in [0.1, 0.15) is 94.9 Å². The van der Waals surface area contributed by atoms with E-state index in [4.69, 9.17) is 9.16 Å². The molecule has 1 rings (SSSR count). The molecule has 4 nitrogen and oxygen atoms in total. The molecular formula is C35H62O4Si. The lowest BCUT2D eigenvalue weighted by Crippen LogP contribution is -2.49. The van der Waals surface area contributed by atoms with Gasteiger partial charge in [-0.3, -0.25) is 0 Å². The molecule has 0 radical (unpaired) electrons. The second-order valence-corrected chi connectivity index (χ2v) is 18.4. The second-order valence-electron chi connectivity index (χ2n) is 13.6. The highest BCUT2D eigenvalue weighted by Crippen LogP contribution is 2.40. The average Bonchev–Trinajstić information content (AvgIpc) is 2.87. The zero-order chi connectivity index (χ0) is 30.7. The number of aliphatic hydroxyl groups excluding tert-OH is 2. The largest absolute Gasteiger partial charge is 0.413 e. The van der Waals surface area contributed by atoms with Crippen LogP contribution in [0.5, 0.6) is 0 Å². The summed E-state index contributed by atoms with van der Waals surface area (Å²) in [6.07, 6.45) is 19.2. The highest BCUT2D eigenvalue weighted by molar-refractivity contribution is 6.74. The summed E-state index contributed by atoms with van der Waals surface area (Å²) in [6, 6.07) is 0. The van der Waals surface area contributed by atoms with Crippen LogP contribution in [-0.4, -0.2) is 43.1 Å². The molecule has 8 atom stereocenters. The highest BCUT2D eigenvalue weighted by atomic mass is 28.4. The molecule has 230 valence electrons. The molecular weight excluding hydrogens is 512 g/mol. The van der Waals surface area contributed by atoms with E-state index in [1.54, 1.807) is 6.08 Å². The molecule has 0 saturated carbocycles. The summed E-state index contributed by atoms with van der Waals surface area (Å²) in [5.41, 5.74) is 2.46. The Balaban J connectivity index is 2.80. The summed E-state index contributed by atoms with van der Waals surface area (Å²) < 4.78 is 12.4. The summed E-state index contributed by atoms with van der Waals surface area (Å²) >= 11 is 0. The molecule has 0 amide bonds. The van der Waals surface area contributed by atoms with E-state index in [1.165, 1.54) is 11.1 Å². The topological polar surface area (TPSA) is 58.9 Å². The molecule has 0 aliphatic carbocycles. The lowest BCUT2D eigenvalue weighted by atomic mass is 9.83. The first-order valence-corrected chi connectivity index (χ1v) is 18.5. The van der Waals surface area contributed by atoms with Crippen LogP contribution in [0.15, 0.2) is 59.8 Å². The molecule has 5 heteroatoms. The Morgan fingerprint density at radius 3 is 2.30 bits per heavy atom. The fourth-order valence-electron chi connectivity index (χ4n) is 4.89. The molecule has 0 aromatic carbocycles. The highest BCUT2D eigenvalue weighted by Gasteiger charge is 2.42. The fraction of sp³-hybridized carbons (Fsp3) is 0.714. The summed E-state index contributed by atoms with van der Waals surface area (Å²) in [5.74, 6) is 0.898. The van der Waals surface area contributed by atoms with Crippen LogP contribution in [0.25, 0.3) is 0 Å². The zero-order valence-electron chi connectivity index (χ0n) is 27.8. The quantitative estimate of drug-likeness (QED) is 0.116. The first-order chi connectivity index (χ1) is 18.5. The van der Waals surface area contributed by atoms with Crippen LogP contribution >= 0.6 is 0 Å². The molecule has 1 aliphatic heterocycles. The third-order valence-electron chi connectivity index (χ3n) is 8.87. The van der Waals surface area contributed by atoms with E-state index in [2.05, 4.69) is 113 Å². The Morgan fingerprint density at radius 2 is 1.75 bits per heavy atom. The van der Waals surface area contributed by atoms with Crippen LogP contribution in [-0.2, 0) is 9.16 Å². The van der Waals surface area contributed by atoms with Crippen molar-refractivity contribution < 1.29 is 19.4 Å². The molecule has 0 aromatic rings. The zero-order valence-corrected chi connectivity index (χ0v) is 28.8. The van der Waals surface area contributed by atoms with Crippen molar-refractivity contribution in [3.8, 4) is 0 Å². The van der Waals surface area contributed by atoms with E-state index in [9.17, 15) is 10.2 Å². The van der Waals surface area contributed by atoms with Gasteiger partial charge in [0.15, 0.2) is 14.6 Å². The van der Waals surface area contributed by atoms with Crippen molar-refractivity contribution in [2.75, 3.05) is 0 Å². The Morgan fingerprint density at radius 1 is 1.10 bits per heavy atom. The molecule has 40 heavy (non-hydrogen) atoms. The average molecular weight is 575 g/mol. The van der Waals surface area contributed by atoms with Gasteiger partial charge < -0.3 is 19.4 Å². The predicted molar refractivity (Wildman–Crippen MR) is 175 cm³/mol. The van der Waals surface area contributed by atoms with Gasteiger partial charge in [0.2, 0.25) is 0 Å². The standard InChI is InChI=1S/C35H62O4Si/c1-13-27(5)34(39-40(11,12)35(8,9)10)29(7)33(37)28(6)23-25(3)17-15-18-26(4)24-30(14-2)21-22-31-19-16-20-32(36)38-31/h15-17,20-24,26-29,31-34,36-37H,13-14,18-19H2,1-12H3/b17-15+,22-21+,25-23+,30-24-/t26-,27+,28-,29-,31-,32-,33+,34-/m1/s1. The minimum atomic E-state index is -1.95. The van der Waals surface area contributed by atoms with E-state index < -0.39 is 20.7 Å². The monoisotopic (exact) mass is 574 g/mol. The van der Waals surface area contributed by atoms with Crippen molar-refractivity contribution in [2.45, 2.75) is 138 Å². The lowest BCUT2D eigenvalue weighted by Gasteiger charge is -2.44. The number of aliphatic hydroxyl groups is 2. The Bertz CT molecular complexity index is 892. The van der Waals surface area contributed by atoms with Crippen LogP contribution in [0, 0.1) is 23.7 Å².